The molecule has 18 heavy (non-hydrogen) atoms. The van der Waals surface area contributed by atoms with E-state index in [9.17, 15) is 9.59 Å². The van der Waals surface area contributed by atoms with E-state index in [0.717, 1.165) is 0 Å². The number of ketones is 1. The standard InChI is InChI=1S/C15H21NO2/c1-5-14(17)12-8-6-7-9-13(12)16(4)15(18)10-11(2)3/h6-9,11H,5,10H2,1-4H3. The summed E-state index contributed by atoms with van der Waals surface area (Å²) in [6.45, 7) is 5.85. The molecule has 3 nitrogen and oxygen atoms in total. The molecule has 0 aliphatic rings. The average Bonchev–Trinajstić information content (AvgIpc) is 2.36. The van der Waals surface area contributed by atoms with Gasteiger partial charge in [-0.2, -0.15) is 0 Å². The molecule has 1 aromatic carbocycles. The van der Waals surface area contributed by atoms with Crippen LogP contribution in [-0.2, 0) is 4.79 Å². The summed E-state index contributed by atoms with van der Waals surface area (Å²) < 4.78 is 0. The summed E-state index contributed by atoms with van der Waals surface area (Å²) in [5.41, 5.74) is 1.33. The second-order valence-corrected chi connectivity index (χ2v) is 4.84. The van der Waals surface area contributed by atoms with Crippen molar-refractivity contribution in [1.82, 2.24) is 0 Å². The Hall–Kier alpha value is -1.64. The van der Waals surface area contributed by atoms with Crippen molar-refractivity contribution < 1.29 is 9.59 Å². The molecular formula is C15H21NO2. The molecule has 0 unspecified atom stereocenters. The lowest BCUT2D eigenvalue weighted by atomic mass is 10.0. The van der Waals surface area contributed by atoms with Crippen LogP contribution in [0.5, 0.6) is 0 Å². The molecule has 98 valence electrons. The quantitative estimate of drug-likeness (QED) is 0.749. The lowest BCUT2D eigenvalue weighted by molar-refractivity contribution is -0.119. The van der Waals surface area contributed by atoms with Gasteiger partial charge in [-0.05, 0) is 18.1 Å². The van der Waals surface area contributed by atoms with Gasteiger partial charge in [0.2, 0.25) is 5.91 Å². The SMILES string of the molecule is CCC(=O)c1ccccc1N(C)C(=O)CC(C)C. The highest BCUT2D eigenvalue weighted by Crippen LogP contribution is 2.22. The Balaban J connectivity index is 3.02. The monoisotopic (exact) mass is 247 g/mol. The molecule has 3 heteroatoms. The first-order valence-corrected chi connectivity index (χ1v) is 6.36. The van der Waals surface area contributed by atoms with Crippen molar-refractivity contribution in [3.8, 4) is 0 Å². The van der Waals surface area contributed by atoms with Crippen LogP contribution in [0.1, 0.15) is 44.0 Å². The van der Waals surface area contributed by atoms with Gasteiger partial charge in [0.15, 0.2) is 5.78 Å². The number of hydrogen-bond acceptors (Lipinski definition) is 2. The van der Waals surface area contributed by atoms with Crippen molar-refractivity contribution in [2.24, 2.45) is 5.92 Å². The van der Waals surface area contributed by atoms with Gasteiger partial charge in [-0.3, -0.25) is 9.59 Å². The van der Waals surface area contributed by atoms with Crippen LogP contribution in [-0.4, -0.2) is 18.7 Å². The second-order valence-electron chi connectivity index (χ2n) is 4.84. The normalized spacial score (nSPS) is 10.5. The molecule has 0 bridgehead atoms. The molecule has 0 N–H and O–H groups in total. The van der Waals surface area contributed by atoms with E-state index >= 15 is 0 Å². The van der Waals surface area contributed by atoms with Crippen molar-refractivity contribution in [1.29, 1.82) is 0 Å². The highest BCUT2D eigenvalue weighted by Gasteiger charge is 2.17. The molecule has 0 saturated carbocycles. The van der Waals surface area contributed by atoms with Gasteiger partial charge in [-0.25, -0.2) is 0 Å². The Bertz CT molecular complexity index is 438. The summed E-state index contributed by atoms with van der Waals surface area (Å²) in [4.78, 5) is 25.5. The average molecular weight is 247 g/mol. The van der Waals surface area contributed by atoms with Crippen LogP contribution in [0.3, 0.4) is 0 Å². The van der Waals surface area contributed by atoms with Crippen molar-refractivity contribution in [3.63, 3.8) is 0 Å². The highest BCUT2D eigenvalue weighted by molar-refractivity contribution is 6.05. The summed E-state index contributed by atoms with van der Waals surface area (Å²) in [6.07, 6.45) is 0.939. The summed E-state index contributed by atoms with van der Waals surface area (Å²) in [5, 5.41) is 0. The van der Waals surface area contributed by atoms with Crippen molar-refractivity contribution in [2.45, 2.75) is 33.6 Å². The Morgan fingerprint density at radius 1 is 1.22 bits per heavy atom. The molecule has 0 saturated heterocycles. The minimum absolute atomic E-state index is 0.0429. The first-order chi connectivity index (χ1) is 8.47. The molecule has 1 amide bonds. The molecule has 0 atom stereocenters. The summed E-state index contributed by atoms with van der Waals surface area (Å²) >= 11 is 0. The number of amides is 1. The zero-order valence-electron chi connectivity index (χ0n) is 11.6. The van der Waals surface area contributed by atoms with Gasteiger partial charge in [-0.1, -0.05) is 32.9 Å². The van der Waals surface area contributed by atoms with Crippen LogP contribution in [0.2, 0.25) is 0 Å². The van der Waals surface area contributed by atoms with Crippen LogP contribution in [0.15, 0.2) is 24.3 Å². The van der Waals surface area contributed by atoms with E-state index in [1.807, 2.05) is 39.0 Å². The Morgan fingerprint density at radius 3 is 2.39 bits per heavy atom. The third-order valence-corrected chi connectivity index (χ3v) is 2.84. The van der Waals surface area contributed by atoms with E-state index in [1.54, 1.807) is 18.0 Å². The zero-order valence-corrected chi connectivity index (χ0v) is 11.6. The first-order valence-electron chi connectivity index (χ1n) is 6.36. The minimum Gasteiger partial charge on any atom is -0.315 e. The van der Waals surface area contributed by atoms with Crippen molar-refractivity contribution >= 4 is 17.4 Å². The number of nitrogens with zero attached hydrogens (tertiary/aromatic N) is 1. The van der Waals surface area contributed by atoms with E-state index in [1.165, 1.54) is 0 Å². The zero-order chi connectivity index (χ0) is 13.7. The van der Waals surface area contributed by atoms with Crippen LogP contribution in [0.4, 0.5) is 5.69 Å². The van der Waals surface area contributed by atoms with Crippen molar-refractivity contribution in [2.75, 3.05) is 11.9 Å². The lowest BCUT2D eigenvalue weighted by Crippen LogP contribution is -2.28. The third kappa shape index (κ3) is 3.42. The number of Topliss-reactive ketones (excluding diaryl/α,β-unsaturated/α-hetero) is 1. The largest absolute Gasteiger partial charge is 0.315 e. The van der Waals surface area contributed by atoms with Gasteiger partial charge in [0.1, 0.15) is 0 Å². The molecule has 0 aromatic heterocycles. The fraction of sp³-hybridized carbons (Fsp3) is 0.467. The summed E-state index contributed by atoms with van der Waals surface area (Å²) in [6, 6.07) is 7.27. The first kappa shape index (κ1) is 14.4. The van der Waals surface area contributed by atoms with E-state index in [2.05, 4.69) is 0 Å². The Labute approximate surface area is 109 Å². The topological polar surface area (TPSA) is 37.4 Å². The number of hydrogen-bond donors (Lipinski definition) is 0. The molecule has 0 aliphatic heterocycles. The summed E-state index contributed by atoms with van der Waals surface area (Å²) in [5.74, 6) is 0.421. The fourth-order valence-corrected chi connectivity index (χ4v) is 1.81. The van der Waals surface area contributed by atoms with Gasteiger partial charge in [-0.15, -0.1) is 0 Å². The van der Waals surface area contributed by atoms with Gasteiger partial charge >= 0.3 is 0 Å². The van der Waals surface area contributed by atoms with E-state index < -0.39 is 0 Å². The van der Waals surface area contributed by atoms with Gasteiger partial charge in [0, 0.05) is 25.5 Å². The highest BCUT2D eigenvalue weighted by atomic mass is 16.2. The molecule has 0 heterocycles. The maximum Gasteiger partial charge on any atom is 0.226 e. The molecule has 0 radical (unpaired) electrons. The fourth-order valence-electron chi connectivity index (χ4n) is 1.81. The smallest absolute Gasteiger partial charge is 0.226 e. The Morgan fingerprint density at radius 2 is 1.83 bits per heavy atom. The van der Waals surface area contributed by atoms with Gasteiger partial charge in [0.25, 0.3) is 0 Å². The third-order valence-electron chi connectivity index (χ3n) is 2.84. The number of para-hydroxylation sites is 1. The van der Waals surface area contributed by atoms with Gasteiger partial charge in [0.05, 0.1) is 5.69 Å². The van der Waals surface area contributed by atoms with Crippen LogP contribution >= 0.6 is 0 Å². The van der Waals surface area contributed by atoms with Crippen LogP contribution in [0.25, 0.3) is 0 Å². The van der Waals surface area contributed by atoms with Crippen LogP contribution < -0.4 is 4.90 Å². The number of rotatable bonds is 5. The van der Waals surface area contributed by atoms with Gasteiger partial charge < -0.3 is 4.90 Å². The van der Waals surface area contributed by atoms with E-state index in [0.29, 0.717) is 30.0 Å². The molecule has 0 aliphatic carbocycles. The summed E-state index contributed by atoms with van der Waals surface area (Å²) in [7, 11) is 1.73. The number of anilines is 1. The molecule has 1 aromatic rings. The molecular weight excluding hydrogens is 226 g/mol. The van der Waals surface area contributed by atoms with Crippen LogP contribution in [0, 0.1) is 5.92 Å². The maximum atomic E-state index is 12.0. The minimum atomic E-state index is 0.0429. The number of carbonyl (C=O) groups excluding carboxylic acids is 2. The second kappa shape index (κ2) is 6.34. The Kier molecular flexibility index (Phi) is 5.08. The van der Waals surface area contributed by atoms with Crippen molar-refractivity contribution in [3.05, 3.63) is 29.8 Å². The number of carbonyl (C=O) groups is 2. The van der Waals surface area contributed by atoms with E-state index in [-0.39, 0.29) is 11.7 Å². The predicted octanol–water partition coefficient (Wildman–Crippen LogP) is 3.29. The molecule has 0 fully saturated rings. The molecule has 1 rings (SSSR count). The number of benzene rings is 1. The predicted molar refractivity (Wildman–Crippen MR) is 73.9 cm³/mol. The lowest BCUT2D eigenvalue weighted by Gasteiger charge is -2.21. The maximum absolute atomic E-state index is 12.0. The van der Waals surface area contributed by atoms with E-state index in [4.69, 9.17) is 0 Å². The molecule has 0 spiro atoms.